The first kappa shape index (κ1) is 12.6. The Labute approximate surface area is 105 Å². The lowest BCUT2D eigenvalue weighted by molar-refractivity contribution is 0.209. The van der Waals surface area contributed by atoms with Gasteiger partial charge in [0.25, 0.3) is 0 Å². The Morgan fingerprint density at radius 3 is 2.41 bits per heavy atom. The van der Waals surface area contributed by atoms with Crippen LogP contribution in [0, 0.1) is 0 Å². The molecule has 1 saturated heterocycles. The quantitative estimate of drug-likeness (QED) is 0.791. The van der Waals surface area contributed by atoms with Crippen LogP contribution in [0.3, 0.4) is 0 Å². The summed E-state index contributed by atoms with van der Waals surface area (Å²) in [5, 5.41) is 0. The molecule has 0 amide bonds. The highest BCUT2D eigenvalue weighted by molar-refractivity contribution is 5.19. The third kappa shape index (κ3) is 3.83. The summed E-state index contributed by atoms with van der Waals surface area (Å²) in [5.74, 6) is 0.780. The molecule has 0 unspecified atom stereocenters. The molecule has 0 aromatic heterocycles. The molecule has 2 heteroatoms. The highest BCUT2D eigenvalue weighted by Gasteiger charge is 2.19. The summed E-state index contributed by atoms with van der Waals surface area (Å²) >= 11 is 0. The fourth-order valence-corrected chi connectivity index (χ4v) is 2.69. The number of benzene rings is 1. The molecule has 0 atom stereocenters. The van der Waals surface area contributed by atoms with Crippen LogP contribution in [0.1, 0.15) is 37.2 Å². The van der Waals surface area contributed by atoms with E-state index in [0.717, 1.165) is 12.5 Å². The van der Waals surface area contributed by atoms with Gasteiger partial charge in [-0.1, -0.05) is 30.3 Å². The van der Waals surface area contributed by atoms with Crippen molar-refractivity contribution < 1.29 is 0 Å². The largest absolute Gasteiger partial charge is 0.330 e. The summed E-state index contributed by atoms with van der Waals surface area (Å²) in [5.41, 5.74) is 7.05. The van der Waals surface area contributed by atoms with E-state index in [1.54, 1.807) is 0 Å². The van der Waals surface area contributed by atoms with Crippen molar-refractivity contribution >= 4 is 0 Å². The lowest BCUT2D eigenvalue weighted by Crippen LogP contribution is -2.33. The molecule has 2 rings (SSSR count). The van der Waals surface area contributed by atoms with E-state index in [1.165, 1.54) is 50.9 Å². The van der Waals surface area contributed by atoms with Gasteiger partial charge >= 0.3 is 0 Å². The van der Waals surface area contributed by atoms with E-state index < -0.39 is 0 Å². The Morgan fingerprint density at radius 2 is 1.76 bits per heavy atom. The van der Waals surface area contributed by atoms with Crippen molar-refractivity contribution in [1.82, 2.24) is 4.90 Å². The Bertz CT molecular complexity index is 302. The van der Waals surface area contributed by atoms with Crippen LogP contribution < -0.4 is 5.73 Å². The number of hydrogen-bond acceptors (Lipinski definition) is 2. The Morgan fingerprint density at radius 1 is 1.06 bits per heavy atom. The van der Waals surface area contributed by atoms with Gasteiger partial charge in [0.15, 0.2) is 0 Å². The topological polar surface area (TPSA) is 29.3 Å². The van der Waals surface area contributed by atoms with Gasteiger partial charge in [-0.2, -0.15) is 0 Å². The minimum atomic E-state index is 0.780. The first-order valence-electron chi connectivity index (χ1n) is 6.87. The minimum absolute atomic E-state index is 0.780. The molecule has 1 aromatic rings. The maximum absolute atomic E-state index is 5.52. The van der Waals surface area contributed by atoms with Gasteiger partial charge in [-0.3, -0.25) is 0 Å². The van der Waals surface area contributed by atoms with Crippen LogP contribution in [0.25, 0.3) is 0 Å². The van der Waals surface area contributed by atoms with Crippen LogP contribution in [0.2, 0.25) is 0 Å². The van der Waals surface area contributed by atoms with E-state index >= 15 is 0 Å². The summed E-state index contributed by atoms with van der Waals surface area (Å²) in [6, 6.07) is 11.0. The van der Waals surface area contributed by atoms with Gasteiger partial charge in [-0.05, 0) is 63.3 Å². The van der Waals surface area contributed by atoms with Crippen LogP contribution in [-0.4, -0.2) is 31.1 Å². The smallest absolute Gasteiger partial charge is 0.00129 e. The zero-order valence-corrected chi connectivity index (χ0v) is 10.6. The molecular weight excluding hydrogens is 208 g/mol. The Kier molecular flexibility index (Phi) is 5.02. The lowest BCUT2D eigenvalue weighted by atomic mass is 9.89. The van der Waals surface area contributed by atoms with Crippen LogP contribution in [-0.2, 0) is 0 Å². The molecule has 0 saturated carbocycles. The van der Waals surface area contributed by atoms with Gasteiger partial charge in [0.1, 0.15) is 0 Å². The first-order chi connectivity index (χ1) is 8.40. The molecule has 17 heavy (non-hydrogen) atoms. The second-order valence-corrected chi connectivity index (χ2v) is 5.02. The molecule has 1 fully saturated rings. The molecule has 0 bridgehead atoms. The first-order valence-corrected chi connectivity index (χ1v) is 6.87. The molecule has 0 spiro atoms. The third-order valence-electron chi connectivity index (χ3n) is 3.79. The Balaban J connectivity index is 1.74. The van der Waals surface area contributed by atoms with E-state index in [9.17, 15) is 0 Å². The Hall–Kier alpha value is -0.860. The molecule has 1 heterocycles. The van der Waals surface area contributed by atoms with Gasteiger partial charge in [-0.25, -0.2) is 0 Å². The van der Waals surface area contributed by atoms with Crippen LogP contribution in [0.15, 0.2) is 30.3 Å². The highest BCUT2D eigenvalue weighted by Crippen LogP contribution is 2.27. The highest BCUT2D eigenvalue weighted by atomic mass is 15.1. The number of rotatable bonds is 5. The van der Waals surface area contributed by atoms with Crippen LogP contribution >= 0.6 is 0 Å². The number of nitrogens with zero attached hydrogens (tertiary/aromatic N) is 1. The molecule has 1 aliphatic rings. The monoisotopic (exact) mass is 232 g/mol. The van der Waals surface area contributed by atoms with Crippen molar-refractivity contribution in [3.8, 4) is 0 Å². The van der Waals surface area contributed by atoms with Crippen molar-refractivity contribution in [2.75, 3.05) is 26.2 Å². The summed E-state index contributed by atoms with van der Waals surface area (Å²) in [6.45, 7) is 4.58. The molecule has 1 aromatic carbocycles. The van der Waals surface area contributed by atoms with Crippen molar-refractivity contribution in [2.45, 2.75) is 31.6 Å². The summed E-state index contributed by atoms with van der Waals surface area (Å²) in [4.78, 5) is 2.59. The predicted octanol–water partition coefficient (Wildman–Crippen LogP) is 2.60. The van der Waals surface area contributed by atoms with Crippen LogP contribution in [0.4, 0.5) is 0 Å². The van der Waals surface area contributed by atoms with Crippen molar-refractivity contribution in [2.24, 2.45) is 5.73 Å². The second kappa shape index (κ2) is 6.77. The van der Waals surface area contributed by atoms with E-state index in [4.69, 9.17) is 5.73 Å². The normalized spacial score (nSPS) is 18.4. The van der Waals surface area contributed by atoms with Gasteiger partial charge < -0.3 is 10.6 Å². The van der Waals surface area contributed by atoms with Crippen molar-refractivity contribution in [1.29, 1.82) is 0 Å². The van der Waals surface area contributed by atoms with Gasteiger partial charge in [0.2, 0.25) is 0 Å². The second-order valence-electron chi connectivity index (χ2n) is 5.02. The average molecular weight is 232 g/mol. The maximum atomic E-state index is 5.52. The number of likely N-dealkylation sites (tertiary alicyclic amines) is 1. The molecule has 0 radical (unpaired) electrons. The molecule has 0 aliphatic carbocycles. The third-order valence-corrected chi connectivity index (χ3v) is 3.79. The SMILES string of the molecule is NCCCCN1CCC(c2ccccc2)CC1. The zero-order chi connectivity index (χ0) is 11.9. The molecule has 1 aliphatic heterocycles. The van der Waals surface area contributed by atoms with E-state index in [1.807, 2.05) is 0 Å². The fraction of sp³-hybridized carbons (Fsp3) is 0.600. The number of nitrogens with two attached hydrogens (primary N) is 1. The standard InChI is InChI=1S/C15H24N2/c16-10-4-5-11-17-12-8-15(9-13-17)14-6-2-1-3-7-14/h1-3,6-7,15H,4-5,8-13,16H2. The summed E-state index contributed by atoms with van der Waals surface area (Å²) < 4.78 is 0. The molecular formula is C15H24N2. The molecule has 2 N–H and O–H groups in total. The van der Waals surface area contributed by atoms with E-state index in [0.29, 0.717) is 0 Å². The van der Waals surface area contributed by atoms with Gasteiger partial charge in [-0.15, -0.1) is 0 Å². The number of piperidine rings is 1. The van der Waals surface area contributed by atoms with E-state index in [2.05, 4.69) is 35.2 Å². The van der Waals surface area contributed by atoms with Crippen LogP contribution in [0.5, 0.6) is 0 Å². The van der Waals surface area contributed by atoms with Gasteiger partial charge in [0, 0.05) is 0 Å². The zero-order valence-electron chi connectivity index (χ0n) is 10.6. The van der Waals surface area contributed by atoms with Crippen molar-refractivity contribution in [3.05, 3.63) is 35.9 Å². The minimum Gasteiger partial charge on any atom is -0.330 e. The molecule has 94 valence electrons. The number of hydrogen-bond donors (Lipinski definition) is 1. The lowest BCUT2D eigenvalue weighted by Gasteiger charge is -2.32. The summed E-state index contributed by atoms with van der Waals surface area (Å²) in [7, 11) is 0. The maximum Gasteiger partial charge on any atom is -0.00129 e. The predicted molar refractivity (Wildman–Crippen MR) is 73.1 cm³/mol. The fourth-order valence-electron chi connectivity index (χ4n) is 2.69. The molecule has 2 nitrogen and oxygen atoms in total. The van der Waals surface area contributed by atoms with Gasteiger partial charge in [0.05, 0.1) is 0 Å². The van der Waals surface area contributed by atoms with Crippen molar-refractivity contribution in [3.63, 3.8) is 0 Å². The average Bonchev–Trinajstić information content (AvgIpc) is 2.41. The number of unbranched alkanes of at least 4 members (excludes halogenated alkanes) is 1. The van der Waals surface area contributed by atoms with E-state index in [-0.39, 0.29) is 0 Å². The summed E-state index contributed by atoms with van der Waals surface area (Å²) in [6.07, 6.45) is 5.05.